The van der Waals surface area contributed by atoms with Gasteiger partial charge in [-0.3, -0.25) is 4.79 Å². The van der Waals surface area contributed by atoms with Crippen LogP contribution >= 0.6 is 0 Å². The summed E-state index contributed by atoms with van der Waals surface area (Å²) in [5, 5.41) is 19.1. The van der Waals surface area contributed by atoms with Crippen LogP contribution in [0.1, 0.15) is 31.9 Å². The summed E-state index contributed by atoms with van der Waals surface area (Å²) in [6, 6.07) is 1.58. The van der Waals surface area contributed by atoms with Crippen molar-refractivity contribution in [2.45, 2.75) is 52.2 Å². The molecule has 0 aliphatic heterocycles. The summed E-state index contributed by atoms with van der Waals surface area (Å²) in [6.45, 7) is 12.3. The lowest BCUT2D eigenvalue weighted by atomic mass is 10.1. The zero-order valence-electron chi connectivity index (χ0n) is 14.4. The summed E-state index contributed by atoms with van der Waals surface area (Å²) in [4.78, 5) is 11.0. The van der Waals surface area contributed by atoms with Crippen LogP contribution in [0, 0.1) is 6.92 Å². The molecule has 124 valence electrons. The van der Waals surface area contributed by atoms with Crippen LogP contribution in [-0.2, 0) is 11.2 Å². The summed E-state index contributed by atoms with van der Waals surface area (Å²) in [6.07, 6.45) is -0.259. The smallest absolute Gasteiger partial charge is 0.307 e. The van der Waals surface area contributed by atoms with Crippen molar-refractivity contribution in [1.29, 1.82) is 0 Å². The second-order valence-electron chi connectivity index (χ2n) is 6.97. The van der Waals surface area contributed by atoms with Gasteiger partial charge in [-0.15, -0.1) is 0 Å². The average Bonchev–Trinajstić information content (AvgIpc) is 2.33. The van der Waals surface area contributed by atoms with E-state index in [-0.39, 0.29) is 17.2 Å². The van der Waals surface area contributed by atoms with Gasteiger partial charge in [0.2, 0.25) is 0 Å². The quantitative estimate of drug-likeness (QED) is 0.807. The fourth-order valence-corrected chi connectivity index (χ4v) is 2.89. The first-order chi connectivity index (χ1) is 9.90. The Labute approximate surface area is 133 Å². The molecule has 5 nitrogen and oxygen atoms in total. The largest absolute Gasteiger partial charge is 0.541 e. The maximum Gasteiger partial charge on any atom is 0.307 e. The molecule has 0 spiro atoms. The number of hydrogen-bond acceptors (Lipinski definition) is 4. The highest BCUT2D eigenvalue weighted by molar-refractivity contribution is 6.74. The Balaban J connectivity index is 3.40. The number of carbonyl (C=O) groups is 1. The summed E-state index contributed by atoms with van der Waals surface area (Å²) in [5.74, 6) is -0.0999. The predicted molar refractivity (Wildman–Crippen MR) is 88.6 cm³/mol. The van der Waals surface area contributed by atoms with E-state index >= 15 is 0 Å². The van der Waals surface area contributed by atoms with Gasteiger partial charge in [0.1, 0.15) is 11.5 Å². The van der Waals surface area contributed by atoms with Crippen molar-refractivity contribution >= 4 is 14.3 Å². The highest BCUT2D eigenvalue weighted by Crippen LogP contribution is 2.44. The summed E-state index contributed by atoms with van der Waals surface area (Å²) >= 11 is 0. The number of phenols is 1. The van der Waals surface area contributed by atoms with Crippen LogP contribution in [0.15, 0.2) is 6.07 Å². The Morgan fingerprint density at radius 3 is 2.27 bits per heavy atom. The van der Waals surface area contributed by atoms with E-state index in [1.807, 2.05) is 0 Å². The molecule has 1 aromatic carbocycles. The molecular weight excluding hydrogens is 300 g/mol. The molecule has 0 aliphatic carbocycles. The van der Waals surface area contributed by atoms with Crippen LogP contribution in [0.5, 0.6) is 17.2 Å². The zero-order chi connectivity index (χ0) is 17.3. The van der Waals surface area contributed by atoms with Crippen LogP contribution in [0.4, 0.5) is 0 Å². The van der Waals surface area contributed by atoms with Crippen molar-refractivity contribution in [3.63, 3.8) is 0 Å². The molecule has 0 aliphatic rings. The van der Waals surface area contributed by atoms with Gasteiger partial charge in [-0.05, 0) is 31.1 Å². The lowest BCUT2D eigenvalue weighted by Gasteiger charge is -2.37. The van der Waals surface area contributed by atoms with Gasteiger partial charge in [0.15, 0.2) is 5.75 Å². The third-order valence-corrected chi connectivity index (χ3v) is 8.59. The van der Waals surface area contributed by atoms with Crippen molar-refractivity contribution in [3.05, 3.63) is 17.2 Å². The van der Waals surface area contributed by atoms with Gasteiger partial charge < -0.3 is 19.4 Å². The maximum absolute atomic E-state index is 11.0. The third-order valence-electron chi connectivity index (χ3n) is 4.25. The summed E-state index contributed by atoms with van der Waals surface area (Å²) in [5.41, 5.74) is 0.828. The number of carboxylic acids is 1. The highest BCUT2D eigenvalue weighted by Gasteiger charge is 2.40. The van der Waals surface area contributed by atoms with Gasteiger partial charge in [-0.1, -0.05) is 20.8 Å². The van der Waals surface area contributed by atoms with Crippen LogP contribution < -0.4 is 9.16 Å². The predicted octanol–water partition coefficient (Wildman–Crippen LogP) is 3.72. The van der Waals surface area contributed by atoms with E-state index < -0.39 is 14.3 Å². The van der Waals surface area contributed by atoms with Crippen molar-refractivity contribution in [1.82, 2.24) is 0 Å². The molecule has 22 heavy (non-hydrogen) atoms. The molecule has 0 amide bonds. The molecule has 0 aromatic heterocycles. The number of benzene rings is 1. The van der Waals surface area contributed by atoms with E-state index in [0.29, 0.717) is 22.6 Å². The molecule has 0 heterocycles. The Bertz CT molecular complexity index is 573. The minimum Gasteiger partial charge on any atom is -0.541 e. The molecular formula is C16H26O5Si. The van der Waals surface area contributed by atoms with E-state index in [0.717, 1.165) is 0 Å². The molecule has 0 radical (unpaired) electrons. The van der Waals surface area contributed by atoms with E-state index in [9.17, 15) is 9.90 Å². The van der Waals surface area contributed by atoms with Gasteiger partial charge in [-0.25, -0.2) is 0 Å². The molecule has 0 bridgehead atoms. The van der Waals surface area contributed by atoms with Crippen LogP contribution in [0.2, 0.25) is 18.1 Å². The van der Waals surface area contributed by atoms with Gasteiger partial charge in [0.05, 0.1) is 13.5 Å². The second-order valence-corrected chi connectivity index (χ2v) is 11.7. The van der Waals surface area contributed by atoms with E-state index in [2.05, 4.69) is 33.9 Å². The molecule has 0 unspecified atom stereocenters. The standard InChI is InChI=1S/C16H26O5Si/c1-10-14(19)11(9-13(17)18)8-12(15(10)20-5)21-22(6,7)16(2,3)4/h8,19H,9H2,1-7H3,(H,17,18). The lowest BCUT2D eigenvalue weighted by Crippen LogP contribution is -2.44. The average molecular weight is 326 g/mol. The van der Waals surface area contributed by atoms with Gasteiger partial charge >= 0.3 is 5.97 Å². The second kappa shape index (κ2) is 6.20. The van der Waals surface area contributed by atoms with E-state index in [1.54, 1.807) is 13.0 Å². The number of aromatic hydroxyl groups is 1. The Hall–Kier alpha value is -1.69. The molecule has 0 saturated heterocycles. The topological polar surface area (TPSA) is 76.0 Å². The van der Waals surface area contributed by atoms with Crippen molar-refractivity contribution in [2.75, 3.05) is 7.11 Å². The number of ether oxygens (including phenoxy) is 1. The normalized spacial score (nSPS) is 12.1. The van der Waals surface area contributed by atoms with Crippen LogP contribution in [0.25, 0.3) is 0 Å². The molecule has 0 fully saturated rings. The molecule has 2 N–H and O–H groups in total. The van der Waals surface area contributed by atoms with Crippen LogP contribution in [0.3, 0.4) is 0 Å². The van der Waals surface area contributed by atoms with Gasteiger partial charge in [-0.2, -0.15) is 0 Å². The fraction of sp³-hybridized carbons (Fsp3) is 0.562. The first-order valence-corrected chi connectivity index (χ1v) is 10.1. The number of hydrogen-bond donors (Lipinski definition) is 2. The van der Waals surface area contributed by atoms with Gasteiger partial charge in [0.25, 0.3) is 8.32 Å². The SMILES string of the molecule is COc1c(O[Si](C)(C)C(C)(C)C)cc(CC(=O)O)c(O)c1C. The molecule has 6 heteroatoms. The van der Waals surface area contributed by atoms with Gasteiger partial charge in [0, 0.05) is 11.1 Å². The summed E-state index contributed by atoms with van der Waals surface area (Å²) in [7, 11) is -0.595. The Morgan fingerprint density at radius 1 is 1.32 bits per heavy atom. The minimum atomic E-state index is -2.11. The molecule has 0 atom stereocenters. The number of carboxylic acid groups (broad SMARTS) is 1. The number of methoxy groups -OCH3 is 1. The minimum absolute atomic E-state index is 0.00321. The Morgan fingerprint density at radius 2 is 1.86 bits per heavy atom. The van der Waals surface area contributed by atoms with E-state index in [4.69, 9.17) is 14.3 Å². The Kier molecular flexibility index (Phi) is 5.17. The lowest BCUT2D eigenvalue weighted by molar-refractivity contribution is -0.136. The number of rotatable bonds is 5. The molecule has 1 aromatic rings. The van der Waals surface area contributed by atoms with Crippen molar-refractivity contribution in [2.24, 2.45) is 0 Å². The maximum atomic E-state index is 11.0. The van der Waals surface area contributed by atoms with Crippen molar-refractivity contribution in [3.8, 4) is 17.2 Å². The zero-order valence-corrected chi connectivity index (χ0v) is 15.4. The first-order valence-electron chi connectivity index (χ1n) is 7.21. The molecule has 1 rings (SSSR count). The highest BCUT2D eigenvalue weighted by atomic mass is 28.4. The third kappa shape index (κ3) is 3.74. The van der Waals surface area contributed by atoms with Crippen molar-refractivity contribution < 1.29 is 24.2 Å². The fourth-order valence-electron chi connectivity index (χ4n) is 1.88. The monoisotopic (exact) mass is 326 g/mol. The number of aliphatic carboxylic acids is 1. The molecule has 0 saturated carbocycles. The number of phenolic OH excluding ortho intramolecular Hbond substituents is 1. The van der Waals surface area contributed by atoms with Crippen LogP contribution in [-0.4, -0.2) is 31.6 Å². The summed E-state index contributed by atoms with van der Waals surface area (Å²) < 4.78 is 11.6. The first kappa shape index (κ1) is 18.4. The van der Waals surface area contributed by atoms with E-state index in [1.165, 1.54) is 7.11 Å².